The van der Waals surface area contributed by atoms with Gasteiger partial charge in [0.25, 0.3) is 0 Å². The lowest BCUT2D eigenvalue weighted by atomic mass is 10.2. The SMILES string of the molecule is C=CCOc1ccc(/C=C2/N=C(c3ccc(Cl)cc3Cl)OC2=O)cc1. The van der Waals surface area contributed by atoms with E-state index >= 15 is 0 Å². The van der Waals surface area contributed by atoms with Gasteiger partial charge >= 0.3 is 5.97 Å². The van der Waals surface area contributed by atoms with E-state index in [1.165, 1.54) is 0 Å². The van der Waals surface area contributed by atoms with Crippen LogP contribution in [0.15, 0.2) is 65.8 Å². The molecule has 0 aromatic heterocycles. The number of benzene rings is 2. The molecule has 2 aromatic carbocycles. The Bertz CT molecular complexity index is 886. The van der Waals surface area contributed by atoms with Crippen LogP contribution in [0.5, 0.6) is 5.75 Å². The summed E-state index contributed by atoms with van der Waals surface area (Å²) in [6.07, 6.45) is 3.30. The molecule has 1 heterocycles. The van der Waals surface area contributed by atoms with Gasteiger partial charge < -0.3 is 9.47 Å². The molecule has 0 saturated heterocycles. The van der Waals surface area contributed by atoms with Gasteiger partial charge in [0.1, 0.15) is 12.4 Å². The molecule has 0 aliphatic carbocycles. The zero-order valence-corrected chi connectivity index (χ0v) is 14.6. The van der Waals surface area contributed by atoms with Crippen LogP contribution in [0.1, 0.15) is 11.1 Å². The molecule has 25 heavy (non-hydrogen) atoms. The number of ether oxygens (including phenoxy) is 2. The molecular weight excluding hydrogens is 361 g/mol. The molecule has 0 atom stereocenters. The van der Waals surface area contributed by atoms with Crippen molar-refractivity contribution < 1.29 is 14.3 Å². The Morgan fingerprint density at radius 1 is 1.16 bits per heavy atom. The van der Waals surface area contributed by atoms with Gasteiger partial charge in [-0.1, -0.05) is 48.0 Å². The van der Waals surface area contributed by atoms with Crippen molar-refractivity contribution in [2.24, 2.45) is 4.99 Å². The highest BCUT2D eigenvalue weighted by Gasteiger charge is 2.25. The van der Waals surface area contributed by atoms with Crippen molar-refractivity contribution in [3.8, 4) is 5.75 Å². The highest BCUT2D eigenvalue weighted by atomic mass is 35.5. The van der Waals surface area contributed by atoms with E-state index in [0.29, 0.717) is 28.0 Å². The number of halogens is 2. The maximum atomic E-state index is 12.0. The molecule has 1 aliphatic rings. The van der Waals surface area contributed by atoms with Crippen LogP contribution in [-0.4, -0.2) is 18.5 Å². The summed E-state index contributed by atoms with van der Waals surface area (Å²) >= 11 is 12.0. The highest BCUT2D eigenvalue weighted by Crippen LogP contribution is 2.26. The molecule has 0 fully saturated rings. The van der Waals surface area contributed by atoms with E-state index in [9.17, 15) is 4.79 Å². The van der Waals surface area contributed by atoms with Crippen LogP contribution in [0.3, 0.4) is 0 Å². The molecule has 0 saturated carbocycles. The smallest absolute Gasteiger partial charge is 0.363 e. The van der Waals surface area contributed by atoms with Gasteiger partial charge in [-0.3, -0.25) is 0 Å². The molecule has 4 nitrogen and oxygen atoms in total. The van der Waals surface area contributed by atoms with Gasteiger partial charge in [0.2, 0.25) is 5.90 Å². The minimum atomic E-state index is -0.534. The number of carbonyl (C=O) groups excluding carboxylic acids is 1. The summed E-state index contributed by atoms with van der Waals surface area (Å²) in [5.74, 6) is 0.338. The van der Waals surface area contributed by atoms with Crippen LogP contribution in [-0.2, 0) is 9.53 Å². The van der Waals surface area contributed by atoms with Gasteiger partial charge in [-0.05, 0) is 42.0 Å². The van der Waals surface area contributed by atoms with E-state index < -0.39 is 5.97 Å². The van der Waals surface area contributed by atoms with Crippen LogP contribution in [0.2, 0.25) is 10.0 Å². The van der Waals surface area contributed by atoms with Crippen LogP contribution < -0.4 is 4.74 Å². The molecule has 126 valence electrons. The minimum absolute atomic E-state index is 0.156. The first kappa shape index (κ1) is 17.3. The molecule has 0 unspecified atom stereocenters. The van der Waals surface area contributed by atoms with Gasteiger partial charge in [0.15, 0.2) is 5.70 Å². The van der Waals surface area contributed by atoms with Crippen molar-refractivity contribution in [1.29, 1.82) is 0 Å². The Labute approximate surface area is 155 Å². The highest BCUT2D eigenvalue weighted by molar-refractivity contribution is 6.37. The first-order valence-corrected chi connectivity index (χ1v) is 8.14. The van der Waals surface area contributed by atoms with Crippen molar-refractivity contribution in [3.05, 3.63) is 82.0 Å². The Hall–Kier alpha value is -2.56. The fraction of sp³-hybridized carbons (Fsp3) is 0.0526. The number of hydrogen-bond acceptors (Lipinski definition) is 4. The molecular formula is C19H13Cl2NO3. The lowest BCUT2D eigenvalue weighted by Gasteiger charge is -2.02. The molecule has 3 rings (SSSR count). The number of nitrogens with zero attached hydrogens (tertiary/aromatic N) is 1. The summed E-state index contributed by atoms with van der Waals surface area (Å²) in [4.78, 5) is 16.3. The Morgan fingerprint density at radius 2 is 1.92 bits per heavy atom. The molecule has 0 radical (unpaired) electrons. The average Bonchev–Trinajstić information content (AvgIpc) is 2.94. The lowest BCUT2D eigenvalue weighted by Crippen LogP contribution is -2.05. The molecule has 0 N–H and O–H groups in total. The van der Waals surface area contributed by atoms with E-state index in [4.69, 9.17) is 32.7 Å². The summed E-state index contributed by atoms with van der Waals surface area (Å²) in [5.41, 5.74) is 1.50. The maximum Gasteiger partial charge on any atom is 0.363 e. The second-order valence-electron chi connectivity index (χ2n) is 5.13. The van der Waals surface area contributed by atoms with Crippen LogP contribution in [0.4, 0.5) is 0 Å². The van der Waals surface area contributed by atoms with Crippen LogP contribution >= 0.6 is 23.2 Å². The predicted molar refractivity (Wildman–Crippen MR) is 99.2 cm³/mol. The van der Waals surface area contributed by atoms with E-state index in [1.807, 2.05) is 12.1 Å². The molecule has 1 aliphatic heterocycles. The zero-order chi connectivity index (χ0) is 17.8. The second kappa shape index (κ2) is 7.55. The average molecular weight is 374 g/mol. The number of cyclic esters (lactones) is 1. The number of hydrogen-bond donors (Lipinski definition) is 0. The predicted octanol–water partition coefficient (Wildman–Crippen LogP) is 4.90. The number of carbonyl (C=O) groups is 1. The minimum Gasteiger partial charge on any atom is -0.490 e. The molecule has 0 spiro atoms. The fourth-order valence-corrected chi connectivity index (χ4v) is 2.65. The van der Waals surface area contributed by atoms with Crippen LogP contribution in [0, 0.1) is 0 Å². The summed E-state index contributed by atoms with van der Waals surface area (Å²) in [7, 11) is 0. The van der Waals surface area contributed by atoms with Crippen molar-refractivity contribution in [2.75, 3.05) is 6.61 Å². The van der Waals surface area contributed by atoms with Crippen LogP contribution in [0.25, 0.3) is 6.08 Å². The first-order chi connectivity index (χ1) is 12.1. The first-order valence-electron chi connectivity index (χ1n) is 7.38. The number of esters is 1. The molecule has 0 amide bonds. The third-order valence-corrected chi connectivity index (χ3v) is 3.88. The monoisotopic (exact) mass is 373 g/mol. The standard InChI is InChI=1S/C19H13Cl2NO3/c1-2-9-24-14-6-3-12(4-7-14)10-17-19(23)25-18(22-17)15-8-5-13(20)11-16(15)21/h2-8,10-11H,1,9H2/b17-10+. The summed E-state index contributed by atoms with van der Waals surface area (Å²) < 4.78 is 10.6. The Morgan fingerprint density at radius 3 is 2.60 bits per heavy atom. The van der Waals surface area contributed by atoms with Crippen molar-refractivity contribution in [3.63, 3.8) is 0 Å². The Kier molecular flexibility index (Phi) is 5.22. The lowest BCUT2D eigenvalue weighted by molar-refractivity contribution is -0.129. The van der Waals surface area contributed by atoms with Gasteiger partial charge in [0, 0.05) is 5.02 Å². The normalized spacial score (nSPS) is 15.0. The van der Waals surface area contributed by atoms with Gasteiger partial charge in [0.05, 0.1) is 10.6 Å². The number of rotatable bonds is 5. The van der Waals surface area contributed by atoms with Crippen molar-refractivity contribution in [1.82, 2.24) is 0 Å². The quantitative estimate of drug-likeness (QED) is 0.425. The summed E-state index contributed by atoms with van der Waals surface area (Å²) in [6.45, 7) is 4.03. The maximum absolute atomic E-state index is 12.0. The van der Waals surface area contributed by atoms with Gasteiger partial charge in [-0.2, -0.15) is 0 Å². The fourth-order valence-electron chi connectivity index (χ4n) is 2.16. The van der Waals surface area contributed by atoms with Crippen molar-refractivity contribution >= 4 is 41.1 Å². The van der Waals surface area contributed by atoms with Crippen molar-refractivity contribution in [2.45, 2.75) is 0 Å². The topological polar surface area (TPSA) is 47.9 Å². The molecule has 6 heteroatoms. The molecule has 2 aromatic rings. The zero-order valence-electron chi connectivity index (χ0n) is 13.0. The summed E-state index contributed by atoms with van der Waals surface area (Å²) in [5, 5.41) is 0.859. The molecule has 0 bridgehead atoms. The summed E-state index contributed by atoms with van der Waals surface area (Å²) in [6, 6.07) is 12.1. The number of aliphatic imine (C=N–C) groups is 1. The van der Waals surface area contributed by atoms with E-state index in [1.54, 1.807) is 42.5 Å². The van der Waals surface area contributed by atoms with E-state index in [0.717, 1.165) is 5.56 Å². The largest absolute Gasteiger partial charge is 0.490 e. The third kappa shape index (κ3) is 4.10. The van der Waals surface area contributed by atoms with E-state index in [2.05, 4.69) is 11.6 Å². The van der Waals surface area contributed by atoms with Gasteiger partial charge in [-0.15, -0.1) is 0 Å². The Balaban J connectivity index is 1.84. The van der Waals surface area contributed by atoms with E-state index in [-0.39, 0.29) is 11.6 Å². The third-order valence-electron chi connectivity index (χ3n) is 3.33. The van der Waals surface area contributed by atoms with Gasteiger partial charge in [-0.25, -0.2) is 9.79 Å². The second-order valence-corrected chi connectivity index (χ2v) is 5.97.